The molecular formula is C15H19N5. The predicted molar refractivity (Wildman–Crippen MR) is 80.0 cm³/mol. The Balaban J connectivity index is 1.76. The molecule has 0 radical (unpaired) electrons. The number of aliphatic imine (C=N–C) groups is 1. The van der Waals surface area contributed by atoms with Crippen molar-refractivity contribution in [1.82, 2.24) is 20.4 Å². The molecule has 3 rings (SSSR count). The lowest BCUT2D eigenvalue weighted by atomic mass is 10.2. The number of para-hydroxylation sites is 1. The Bertz CT molecular complexity index is 629. The molecule has 0 spiro atoms. The third-order valence-electron chi connectivity index (χ3n) is 3.31. The molecule has 5 heteroatoms. The van der Waals surface area contributed by atoms with Crippen molar-refractivity contribution in [1.29, 1.82) is 0 Å². The summed E-state index contributed by atoms with van der Waals surface area (Å²) < 4.78 is 1.92. The van der Waals surface area contributed by atoms with Crippen molar-refractivity contribution in [3.8, 4) is 5.69 Å². The minimum Gasteiger partial charge on any atom is -0.352 e. The van der Waals surface area contributed by atoms with Crippen LogP contribution in [0.5, 0.6) is 0 Å². The van der Waals surface area contributed by atoms with Gasteiger partial charge in [0.05, 0.1) is 17.9 Å². The third kappa shape index (κ3) is 2.66. The highest BCUT2D eigenvalue weighted by atomic mass is 15.3. The molecule has 1 unspecified atom stereocenters. The van der Waals surface area contributed by atoms with Crippen LogP contribution in [0.3, 0.4) is 0 Å². The summed E-state index contributed by atoms with van der Waals surface area (Å²) in [5, 5.41) is 11.1. The molecule has 0 fully saturated rings. The highest BCUT2D eigenvalue weighted by molar-refractivity contribution is 5.81. The lowest BCUT2D eigenvalue weighted by Gasteiger charge is -2.12. The van der Waals surface area contributed by atoms with Crippen molar-refractivity contribution in [2.24, 2.45) is 4.99 Å². The van der Waals surface area contributed by atoms with Crippen LogP contribution >= 0.6 is 0 Å². The Morgan fingerprint density at radius 1 is 1.35 bits per heavy atom. The molecule has 1 aromatic carbocycles. The van der Waals surface area contributed by atoms with E-state index in [0.717, 1.165) is 30.4 Å². The topological polar surface area (TPSA) is 54.2 Å². The molecule has 20 heavy (non-hydrogen) atoms. The van der Waals surface area contributed by atoms with Gasteiger partial charge in [-0.3, -0.25) is 4.99 Å². The van der Waals surface area contributed by atoms with Gasteiger partial charge in [-0.2, -0.15) is 5.10 Å². The number of aromatic nitrogens is 2. The second-order valence-corrected chi connectivity index (χ2v) is 5.12. The summed E-state index contributed by atoms with van der Waals surface area (Å²) >= 11 is 0. The Morgan fingerprint density at radius 3 is 2.90 bits per heavy atom. The Kier molecular flexibility index (Phi) is 3.41. The Morgan fingerprint density at radius 2 is 2.20 bits per heavy atom. The van der Waals surface area contributed by atoms with E-state index in [-0.39, 0.29) is 0 Å². The molecule has 0 bridgehead atoms. The minimum absolute atomic E-state index is 0.418. The van der Waals surface area contributed by atoms with Gasteiger partial charge >= 0.3 is 0 Å². The number of benzene rings is 1. The normalized spacial score (nSPS) is 17.7. The van der Waals surface area contributed by atoms with Crippen LogP contribution in [0.25, 0.3) is 5.69 Å². The lowest BCUT2D eigenvalue weighted by Crippen LogP contribution is -2.37. The van der Waals surface area contributed by atoms with Crippen molar-refractivity contribution in [2.75, 3.05) is 6.54 Å². The minimum atomic E-state index is 0.418. The van der Waals surface area contributed by atoms with Gasteiger partial charge in [0, 0.05) is 18.8 Å². The zero-order chi connectivity index (χ0) is 13.9. The molecule has 2 N–H and O–H groups in total. The average molecular weight is 269 g/mol. The first kappa shape index (κ1) is 12.7. The van der Waals surface area contributed by atoms with Gasteiger partial charge in [-0.25, -0.2) is 4.68 Å². The van der Waals surface area contributed by atoms with E-state index in [4.69, 9.17) is 0 Å². The standard InChI is InChI=1S/C15H19N5/c1-11-7-8-20(19-11)14-6-4-3-5-13(14)10-17-15-16-9-12(2)18-15/h3-8,12H,9-10H2,1-2H3,(H2,16,17,18). The summed E-state index contributed by atoms with van der Waals surface area (Å²) in [6, 6.07) is 10.7. The Labute approximate surface area is 118 Å². The van der Waals surface area contributed by atoms with Crippen molar-refractivity contribution >= 4 is 5.96 Å². The second kappa shape index (κ2) is 5.36. The highest BCUT2D eigenvalue weighted by Crippen LogP contribution is 2.14. The van der Waals surface area contributed by atoms with Gasteiger partial charge in [0.1, 0.15) is 0 Å². The highest BCUT2D eigenvalue weighted by Gasteiger charge is 2.12. The fourth-order valence-electron chi connectivity index (χ4n) is 2.27. The van der Waals surface area contributed by atoms with Crippen molar-refractivity contribution in [2.45, 2.75) is 26.4 Å². The van der Waals surface area contributed by atoms with E-state index in [1.54, 1.807) is 0 Å². The van der Waals surface area contributed by atoms with Gasteiger partial charge in [-0.1, -0.05) is 18.2 Å². The first-order chi connectivity index (χ1) is 9.72. The van der Waals surface area contributed by atoms with Crippen LogP contribution < -0.4 is 10.6 Å². The van der Waals surface area contributed by atoms with Gasteiger partial charge in [0.15, 0.2) is 5.96 Å². The lowest BCUT2D eigenvalue weighted by molar-refractivity contribution is 0.712. The molecule has 2 aromatic rings. The summed E-state index contributed by atoms with van der Waals surface area (Å²) in [7, 11) is 0. The monoisotopic (exact) mass is 269 g/mol. The largest absolute Gasteiger partial charge is 0.352 e. The number of guanidine groups is 1. The van der Waals surface area contributed by atoms with Crippen LogP contribution in [0.4, 0.5) is 0 Å². The molecule has 0 saturated heterocycles. The van der Waals surface area contributed by atoms with Crippen LogP contribution in [0.2, 0.25) is 0 Å². The van der Waals surface area contributed by atoms with E-state index in [1.165, 1.54) is 5.56 Å². The molecule has 1 aromatic heterocycles. The second-order valence-electron chi connectivity index (χ2n) is 5.12. The van der Waals surface area contributed by atoms with E-state index in [9.17, 15) is 0 Å². The maximum absolute atomic E-state index is 4.48. The van der Waals surface area contributed by atoms with E-state index < -0.39 is 0 Å². The number of hydrogen-bond acceptors (Lipinski definition) is 4. The summed E-state index contributed by atoms with van der Waals surface area (Å²) in [6.07, 6.45) is 1.99. The fraction of sp³-hybridized carbons (Fsp3) is 0.333. The molecule has 0 amide bonds. The summed E-state index contributed by atoms with van der Waals surface area (Å²) in [5.41, 5.74) is 3.31. The summed E-state index contributed by atoms with van der Waals surface area (Å²) in [5.74, 6) is 0.879. The summed E-state index contributed by atoms with van der Waals surface area (Å²) in [6.45, 7) is 5.69. The van der Waals surface area contributed by atoms with Crippen LogP contribution in [-0.2, 0) is 6.54 Å². The van der Waals surface area contributed by atoms with Crippen LogP contribution in [0, 0.1) is 6.92 Å². The predicted octanol–water partition coefficient (Wildman–Crippen LogP) is 1.62. The number of nitrogens with zero attached hydrogens (tertiary/aromatic N) is 3. The van der Waals surface area contributed by atoms with Crippen LogP contribution in [-0.4, -0.2) is 28.3 Å². The number of rotatable bonds is 3. The summed E-state index contributed by atoms with van der Waals surface area (Å²) in [4.78, 5) is 4.41. The fourth-order valence-corrected chi connectivity index (χ4v) is 2.27. The smallest absolute Gasteiger partial charge is 0.191 e. The third-order valence-corrected chi connectivity index (χ3v) is 3.31. The zero-order valence-electron chi connectivity index (χ0n) is 11.8. The molecule has 1 aliphatic heterocycles. The number of aryl methyl sites for hydroxylation is 1. The van der Waals surface area contributed by atoms with E-state index in [0.29, 0.717) is 6.04 Å². The first-order valence-electron chi connectivity index (χ1n) is 6.88. The van der Waals surface area contributed by atoms with E-state index >= 15 is 0 Å². The van der Waals surface area contributed by atoms with Gasteiger partial charge < -0.3 is 10.6 Å². The van der Waals surface area contributed by atoms with Crippen molar-refractivity contribution in [3.63, 3.8) is 0 Å². The maximum atomic E-state index is 4.48. The molecule has 0 aliphatic carbocycles. The van der Waals surface area contributed by atoms with Crippen LogP contribution in [0.15, 0.2) is 41.5 Å². The maximum Gasteiger partial charge on any atom is 0.191 e. The van der Waals surface area contributed by atoms with E-state index in [2.05, 4.69) is 39.8 Å². The molecule has 5 nitrogen and oxygen atoms in total. The quantitative estimate of drug-likeness (QED) is 0.890. The SMILES string of the molecule is Cc1ccn(-c2ccccc2CNC2=NCC(C)N2)n1. The molecule has 1 aliphatic rings. The average Bonchev–Trinajstić information content (AvgIpc) is 3.06. The number of nitrogens with one attached hydrogen (secondary N) is 2. The van der Waals surface area contributed by atoms with Gasteiger partial charge in [0.25, 0.3) is 0 Å². The van der Waals surface area contributed by atoms with Crippen molar-refractivity contribution < 1.29 is 0 Å². The molecular weight excluding hydrogens is 250 g/mol. The molecule has 0 saturated carbocycles. The molecule has 104 valence electrons. The van der Waals surface area contributed by atoms with Gasteiger partial charge in [-0.15, -0.1) is 0 Å². The zero-order valence-corrected chi connectivity index (χ0v) is 11.8. The van der Waals surface area contributed by atoms with Crippen LogP contribution in [0.1, 0.15) is 18.2 Å². The molecule has 2 heterocycles. The van der Waals surface area contributed by atoms with E-state index in [1.807, 2.05) is 36.0 Å². The molecule has 1 atom stereocenters. The first-order valence-corrected chi connectivity index (χ1v) is 6.88. The van der Waals surface area contributed by atoms with Gasteiger partial charge in [-0.05, 0) is 31.5 Å². The Hall–Kier alpha value is -2.30. The van der Waals surface area contributed by atoms with Crippen molar-refractivity contribution in [3.05, 3.63) is 47.8 Å². The number of hydrogen-bond donors (Lipinski definition) is 2. The van der Waals surface area contributed by atoms with Gasteiger partial charge in [0.2, 0.25) is 0 Å².